The highest BCUT2D eigenvalue weighted by Crippen LogP contribution is 2.41. The number of carbonyl (C=O) groups excluding carboxylic acids is 1. The van der Waals surface area contributed by atoms with Crippen LogP contribution in [0.1, 0.15) is 54.2 Å². The number of amides is 1. The highest BCUT2D eigenvalue weighted by Gasteiger charge is 2.38. The number of oxazole rings is 1. The Hall–Kier alpha value is -3.23. The van der Waals surface area contributed by atoms with E-state index in [1.807, 2.05) is 12.3 Å². The Morgan fingerprint density at radius 1 is 1.36 bits per heavy atom. The number of aryl methyl sites for hydroxylation is 1. The van der Waals surface area contributed by atoms with E-state index >= 15 is 0 Å². The van der Waals surface area contributed by atoms with Gasteiger partial charge in [-0.15, -0.1) is 10.2 Å². The van der Waals surface area contributed by atoms with Crippen molar-refractivity contribution in [3.63, 3.8) is 0 Å². The first-order chi connectivity index (χ1) is 13.7. The Labute approximate surface area is 160 Å². The number of nitrogens with one attached hydrogen (secondary N) is 2. The third-order valence-corrected chi connectivity index (χ3v) is 5.80. The van der Waals surface area contributed by atoms with E-state index in [1.165, 1.54) is 6.39 Å². The van der Waals surface area contributed by atoms with Gasteiger partial charge in [-0.2, -0.15) is 0 Å². The summed E-state index contributed by atoms with van der Waals surface area (Å²) in [5.41, 5.74) is 3.12. The number of hydrogen-bond donors (Lipinski definition) is 2. The van der Waals surface area contributed by atoms with Crippen LogP contribution in [0.4, 0.5) is 0 Å². The fraction of sp³-hybridized carbons (Fsp3) is 0.421. The topological polar surface area (TPSA) is 114 Å². The van der Waals surface area contributed by atoms with Crippen LogP contribution in [0.15, 0.2) is 29.3 Å². The molecule has 5 rings (SSSR count). The zero-order chi connectivity index (χ0) is 19.3. The lowest BCUT2D eigenvalue weighted by atomic mass is 9.93. The SMILES string of the molecule is CC[C@@H]1C[C@H](NC(=O)c2ocnc2C)C[C@@H]1c1nnc2cnc3[nH]ccc3n12. The molecule has 0 radical (unpaired) electrons. The molecular formula is C19H21N7O2. The number of hydrogen-bond acceptors (Lipinski definition) is 6. The van der Waals surface area contributed by atoms with Gasteiger partial charge < -0.3 is 14.7 Å². The van der Waals surface area contributed by atoms with Crippen molar-refractivity contribution in [2.45, 2.75) is 45.1 Å². The minimum absolute atomic E-state index is 0.0582. The van der Waals surface area contributed by atoms with Gasteiger partial charge in [-0.05, 0) is 31.7 Å². The molecule has 1 fully saturated rings. The van der Waals surface area contributed by atoms with E-state index in [1.54, 1.807) is 13.1 Å². The normalized spacial score (nSPS) is 22.3. The molecule has 0 aliphatic heterocycles. The second-order valence-electron chi connectivity index (χ2n) is 7.41. The first-order valence-corrected chi connectivity index (χ1v) is 9.53. The van der Waals surface area contributed by atoms with Crippen LogP contribution >= 0.6 is 0 Å². The Kier molecular flexibility index (Phi) is 3.88. The lowest BCUT2D eigenvalue weighted by molar-refractivity contribution is 0.0908. The molecule has 1 aliphatic carbocycles. The van der Waals surface area contributed by atoms with Crippen molar-refractivity contribution in [3.8, 4) is 0 Å². The predicted molar refractivity (Wildman–Crippen MR) is 101 cm³/mol. The van der Waals surface area contributed by atoms with Crippen LogP contribution in [-0.4, -0.2) is 41.5 Å². The predicted octanol–water partition coefficient (Wildman–Crippen LogP) is 2.60. The molecule has 2 N–H and O–H groups in total. The van der Waals surface area contributed by atoms with Gasteiger partial charge in [-0.1, -0.05) is 13.3 Å². The summed E-state index contributed by atoms with van der Waals surface area (Å²) in [6.07, 6.45) is 7.62. The van der Waals surface area contributed by atoms with Crippen LogP contribution in [0.25, 0.3) is 16.8 Å². The van der Waals surface area contributed by atoms with Crippen molar-refractivity contribution in [2.24, 2.45) is 5.92 Å². The van der Waals surface area contributed by atoms with Crippen molar-refractivity contribution in [2.75, 3.05) is 0 Å². The van der Waals surface area contributed by atoms with Crippen LogP contribution < -0.4 is 5.32 Å². The molecule has 0 spiro atoms. The number of H-pyrrole nitrogens is 1. The minimum Gasteiger partial charge on any atom is -0.438 e. The summed E-state index contributed by atoms with van der Waals surface area (Å²) in [6.45, 7) is 3.95. The zero-order valence-corrected chi connectivity index (χ0v) is 15.7. The van der Waals surface area contributed by atoms with E-state index in [2.05, 4.69) is 41.8 Å². The van der Waals surface area contributed by atoms with E-state index in [0.717, 1.165) is 41.9 Å². The quantitative estimate of drug-likeness (QED) is 0.563. The van der Waals surface area contributed by atoms with E-state index in [4.69, 9.17) is 4.42 Å². The average molecular weight is 379 g/mol. The number of carbonyl (C=O) groups is 1. The Morgan fingerprint density at radius 2 is 2.25 bits per heavy atom. The van der Waals surface area contributed by atoms with E-state index in [9.17, 15) is 4.79 Å². The summed E-state index contributed by atoms with van der Waals surface area (Å²) in [5.74, 6) is 1.63. The van der Waals surface area contributed by atoms with Gasteiger partial charge in [-0.3, -0.25) is 9.20 Å². The number of nitrogens with zero attached hydrogens (tertiary/aromatic N) is 5. The Bertz CT molecular complexity index is 1160. The number of aromatic amines is 1. The third-order valence-electron chi connectivity index (χ3n) is 5.80. The zero-order valence-electron chi connectivity index (χ0n) is 15.7. The summed E-state index contributed by atoms with van der Waals surface area (Å²) in [5, 5.41) is 11.9. The van der Waals surface area contributed by atoms with Gasteiger partial charge in [0.1, 0.15) is 5.82 Å². The molecule has 4 aromatic rings. The van der Waals surface area contributed by atoms with Gasteiger partial charge in [0.15, 0.2) is 17.7 Å². The molecule has 9 nitrogen and oxygen atoms in total. The number of fused-ring (bicyclic) bond motifs is 3. The molecule has 0 bridgehead atoms. The summed E-state index contributed by atoms with van der Waals surface area (Å²) in [6, 6.07) is 2.05. The van der Waals surface area contributed by atoms with Crippen LogP contribution in [-0.2, 0) is 0 Å². The van der Waals surface area contributed by atoms with E-state index in [0.29, 0.717) is 11.6 Å². The Morgan fingerprint density at radius 3 is 3.04 bits per heavy atom. The van der Waals surface area contributed by atoms with Gasteiger partial charge >= 0.3 is 0 Å². The molecule has 1 saturated carbocycles. The maximum absolute atomic E-state index is 12.5. The van der Waals surface area contributed by atoms with Gasteiger partial charge in [0, 0.05) is 18.2 Å². The number of aromatic nitrogens is 6. The lowest BCUT2D eigenvalue weighted by Crippen LogP contribution is -2.33. The fourth-order valence-corrected chi connectivity index (χ4v) is 4.42. The standard InChI is InChI=1S/C19H21N7O2/c1-3-11-6-12(23-19(27)16-10(2)22-9-28-16)7-13(11)18-25-24-15-8-21-17-14(26(15)18)4-5-20-17/h4-5,8-9,11-13,20H,3,6-7H2,1-2H3,(H,23,27)/t11-,12+,13+/m1/s1. The monoisotopic (exact) mass is 379 g/mol. The molecule has 0 unspecified atom stereocenters. The van der Waals surface area contributed by atoms with Crippen LogP contribution in [0.5, 0.6) is 0 Å². The summed E-state index contributed by atoms with van der Waals surface area (Å²) < 4.78 is 7.31. The van der Waals surface area contributed by atoms with Crippen molar-refractivity contribution >= 4 is 22.7 Å². The first kappa shape index (κ1) is 16.9. The molecule has 4 aromatic heterocycles. The third kappa shape index (κ3) is 2.57. The summed E-state index contributed by atoms with van der Waals surface area (Å²) >= 11 is 0. The molecule has 1 aliphatic rings. The molecule has 0 saturated heterocycles. The van der Waals surface area contributed by atoms with Crippen LogP contribution in [0.2, 0.25) is 0 Å². The fourth-order valence-electron chi connectivity index (χ4n) is 4.42. The Balaban J connectivity index is 1.45. The largest absolute Gasteiger partial charge is 0.438 e. The van der Waals surface area contributed by atoms with Gasteiger partial charge in [0.25, 0.3) is 5.91 Å². The van der Waals surface area contributed by atoms with Gasteiger partial charge in [0.05, 0.1) is 17.4 Å². The summed E-state index contributed by atoms with van der Waals surface area (Å²) in [4.78, 5) is 24.1. The molecule has 1 amide bonds. The highest BCUT2D eigenvalue weighted by molar-refractivity contribution is 5.92. The second kappa shape index (κ2) is 6.43. The number of rotatable bonds is 4. The van der Waals surface area contributed by atoms with Crippen molar-refractivity contribution < 1.29 is 9.21 Å². The first-order valence-electron chi connectivity index (χ1n) is 9.53. The van der Waals surface area contributed by atoms with Gasteiger partial charge in [0.2, 0.25) is 5.76 Å². The minimum atomic E-state index is -0.209. The van der Waals surface area contributed by atoms with Crippen LogP contribution in [0.3, 0.4) is 0 Å². The molecular weight excluding hydrogens is 358 g/mol. The molecule has 0 aromatic carbocycles. The summed E-state index contributed by atoms with van der Waals surface area (Å²) in [7, 11) is 0. The average Bonchev–Trinajstić information content (AvgIpc) is 3.45. The van der Waals surface area contributed by atoms with Crippen molar-refractivity contribution in [3.05, 3.63) is 42.1 Å². The maximum Gasteiger partial charge on any atom is 0.289 e. The molecule has 4 heterocycles. The molecule has 9 heteroatoms. The molecule has 3 atom stereocenters. The van der Waals surface area contributed by atoms with E-state index in [-0.39, 0.29) is 23.6 Å². The van der Waals surface area contributed by atoms with Crippen molar-refractivity contribution in [1.82, 2.24) is 34.9 Å². The second-order valence-corrected chi connectivity index (χ2v) is 7.41. The van der Waals surface area contributed by atoms with E-state index < -0.39 is 0 Å². The maximum atomic E-state index is 12.5. The molecule has 28 heavy (non-hydrogen) atoms. The van der Waals surface area contributed by atoms with Crippen LogP contribution in [0, 0.1) is 12.8 Å². The lowest BCUT2D eigenvalue weighted by Gasteiger charge is -2.15. The van der Waals surface area contributed by atoms with Crippen molar-refractivity contribution in [1.29, 1.82) is 0 Å². The highest BCUT2D eigenvalue weighted by atomic mass is 16.3. The smallest absolute Gasteiger partial charge is 0.289 e. The van der Waals surface area contributed by atoms with Gasteiger partial charge in [-0.25, -0.2) is 9.97 Å². The molecule has 144 valence electrons.